The molecule has 0 aliphatic carbocycles. The van der Waals surface area contributed by atoms with Crippen LogP contribution >= 0.6 is 0 Å². The van der Waals surface area contributed by atoms with Gasteiger partial charge in [0.25, 0.3) is 0 Å². The van der Waals surface area contributed by atoms with Gasteiger partial charge in [0.15, 0.2) is 17.3 Å². The SMILES string of the molecule is Cc1nnnn1-c1ccc(CC(=O)N(C)[C@@H](C)c2ccc3c(c2)OCCO3)cc1. The summed E-state index contributed by atoms with van der Waals surface area (Å²) in [5.74, 6) is 2.23. The number of hydrogen-bond donors (Lipinski definition) is 0. The van der Waals surface area contributed by atoms with Crippen molar-refractivity contribution in [3.63, 3.8) is 0 Å². The van der Waals surface area contributed by atoms with Crippen LogP contribution in [0.5, 0.6) is 11.5 Å². The number of likely N-dealkylation sites (N-methyl/N-ethyl adjacent to an activating group) is 1. The number of benzene rings is 2. The topological polar surface area (TPSA) is 82.4 Å². The van der Waals surface area contributed by atoms with Crippen LogP contribution in [0.15, 0.2) is 42.5 Å². The van der Waals surface area contributed by atoms with Gasteiger partial charge in [-0.2, -0.15) is 4.68 Å². The van der Waals surface area contributed by atoms with Gasteiger partial charge in [-0.15, -0.1) is 5.10 Å². The van der Waals surface area contributed by atoms with Crippen LogP contribution < -0.4 is 9.47 Å². The summed E-state index contributed by atoms with van der Waals surface area (Å²) in [5, 5.41) is 11.5. The third-order valence-corrected chi connectivity index (χ3v) is 5.18. The number of carbonyl (C=O) groups excluding carboxylic acids is 1. The number of aromatic nitrogens is 4. The van der Waals surface area contributed by atoms with Crippen LogP contribution in [0.4, 0.5) is 0 Å². The van der Waals surface area contributed by atoms with Crippen molar-refractivity contribution in [2.75, 3.05) is 20.3 Å². The molecule has 1 aliphatic rings. The lowest BCUT2D eigenvalue weighted by Gasteiger charge is -2.27. The quantitative estimate of drug-likeness (QED) is 0.662. The first-order valence-corrected chi connectivity index (χ1v) is 9.52. The second-order valence-corrected chi connectivity index (χ2v) is 7.06. The molecule has 2 aromatic carbocycles. The molecule has 0 spiro atoms. The fourth-order valence-electron chi connectivity index (χ4n) is 3.28. The normalized spacial score (nSPS) is 13.8. The van der Waals surface area contributed by atoms with Crippen LogP contribution in [-0.2, 0) is 11.2 Å². The maximum absolute atomic E-state index is 12.8. The lowest BCUT2D eigenvalue weighted by atomic mass is 10.0. The zero-order valence-corrected chi connectivity index (χ0v) is 16.7. The van der Waals surface area contributed by atoms with Gasteiger partial charge in [-0.25, -0.2) is 0 Å². The van der Waals surface area contributed by atoms with Crippen LogP contribution in [0.25, 0.3) is 5.69 Å². The van der Waals surface area contributed by atoms with Gasteiger partial charge < -0.3 is 14.4 Å². The Labute approximate surface area is 169 Å². The Morgan fingerprint density at radius 2 is 1.86 bits per heavy atom. The Bertz CT molecular complexity index is 1020. The molecule has 29 heavy (non-hydrogen) atoms. The molecule has 1 aliphatic heterocycles. The summed E-state index contributed by atoms with van der Waals surface area (Å²) in [6, 6.07) is 13.4. The summed E-state index contributed by atoms with van der Waals surface area (Å²) < 4.78 is 12.9. The summed E-state index contributed by atoms with van der Waals surface area (Å²) in [4.78, 5) is 14.6. The van der Waals surface area contributed by atoms with E-state index in [-0.39, 0.29) is 11.9 Å². The molecule has 8 heteroatoms. The van der Waals surface area contributed by atoms with Crippen LogP contribution in [0.3, 0.4) is 0 Å². The number of tetrazole rings is 1. The van der Waals surface area contributed by atoms with Crippen molar-refractivity contribution >= 4 is 5.91 Å². The van der Waals surface area contributed by atoms with Crippen LogP contribution in [0.2, 0.25) is 0 Å². The number of carbonyl (C=O) groups is 1. The molecule has 0 bridgehead atoms. The summed E-state index contributed by atoms with van der Waals surface area (Å²) in [5.41, 5.74) is 2.81. The highest BCUT2D eigenvalue weighted by Gasteiger charge is 2.20. The molecule has 0 radical (unpaired) electrons. The standard InChI is InChI=1S/C21H23N5O3/c1-14(17-6-9-19-20(13-17)29-11-10-28-19)25(3)21(27)12-16-4-7-18(8-5-16)26-15(2)22-23-24-26/h4-9,13-14H,10-12H2,1-3H3/t14-/m0/s1. The Morgan fingerprint density at radius 1 is 1.14 bits per heavy atom. The molecule has 0 saturated heterocycles. The maximum atomic E-state index is 12.8. The first-order valence-electron chi connectivity index (χ1n) is 9.52. The van der Waals surface area contributed by atoms with Crippen molar-refractivity contribution in [2.24, 2.45) is 0 Å². The fraction of sp³-hybridized carbons (Fsp3) is 0.333. The van der Waals surface area contributed by atoms with E-state index >= 15 is 0 Å². The molecular formula is C21H23N5O3. The van der Waals surface area contributed by atoms with Crippen LogP contribution in [-0.4, -0.2) is 51.3 Å². The Hall–Kier alpha value is -3.42. The molecule has 0 N–H and O–H groups in total. The van der Waals surface area contributed by atoms with E-state index in [1.165, 1.54) is 0 Å². The van der Waals surface area contributed by atoms with E-state index in [0.717, 1.165) is 28.3 Å². The number of nitrogens with zero attached hydrogens (tertiary/aromatic N) is 5. The predicted molar refractivity (Wildman–Crippen MR) is 106 cm³/mol. The first-order chi connectivity index (χ1) is 14.0. The lowest BCUT2D eigenvalue weighted by molar-refractivity contribution is -0.131. The molecule has 0 fully saturated rings. The smallest absolute Gasteiger partial charge is 0.227 e. The highest BCUT2D eigenvalue weighted by molar-refractivity contribution is 5.79. The van der Waals surface area contributed by atoms with Gasteiger partial charge in [0.2, 0.25) is 5.91 Å². The number of amides is 1. The van der Waals surface area contributed by atoms with Gasteiger partial charge in [-0.05, 0) is 59.7 Å². The lowest BCUT2D eigenvalue weighted by Crippen LogP contribution is -2.31. The summed E-state index contributed by atoms with van der Waals surface area (Å²) in [6.07, 6.45) is 0.320. The predicted octanol–water partition coefficient (Wildman–Crippen LogP) is 2.50. The zero-order valence-electron chi connectivity index (χ0n) is 16.7. The third-order valence-electron chi connectivity index (χ3n) is 5.18. The van der Waals surface area contributed by atoms with Crippen molar-refractivity contribution in [1.82, 2.24) is 25.1 Å². The highest BCUT2D eigenvalue weighted by Crippen LogP contribution is 2.33. The molecule has 150 valence electrons. The zero-order chi connectivity index (χ0) is 20.4. The highest BCUT2D eigenvalue weighted by atomic mass is 16.6. The minimum atomic E-state index is -0.0820. The van der Waals surface area contributed by atoms with Crippen molar-refractivity contribution < 1.29 is 14.3 Å². The Kier molecular flexibility index (Phi) is 5.16. The van der Waals surface area contributed by atoms with Gasteiger partial charge in [0.1, 0.15) is 13.2 Å². The Morgan fingerprint density at radius 3 is 2.55 bits per heavy atom. The van der Waals surface area contributed by atoms with E-state index in [2.05, 4.69) is 15.5 Å². The third kappa shape index (κ3) is 3.91. The van der Waals surface area contributed by atoms with E-state index in [0.29, 0.717) is 25.5 Å². The van der Waals surface area contributed by atoms with E-state index in [4.69, 9.17) is 9.47 Å². The molecule has 3 aromatic rings. The minimum absolute atomic E-state index is 0.0405. The largest absolute Gasteiger partial charge is 0.486 e. The van der Waals surface area contributed by atoms with Gasteiger partial charge in [0.05, 0.1) is 18.2 Å². The number of aryl methyl sites for hydroxylation is 1. The summed E-state index contributed by atoms with van der Waals surface area (Å²) in [7, 11) is 1.82. The fourth-order valence-corrected chi connectivity index (χ4v) is 3.28. The van der Waals surface area contributed by atoms with Crippen molar-refractivity contribution in [3.8, 4) is 17.2 Å². The number of ether oxygens (including phenoxy) is 2. The summed E-state index contributed by atoms with van der Waals surface area (Å²) in [6.45, 7) is 4.95. The number of rotatable bonds is 5. The Balaban J connectivity index is 1.43. The van der Waals surface area contributed by atoms with Gasteiger partial charge >= 0.3 is 0 Å². The second-order valence-electron chi connectivity index (χ2n) is 7.06. The van der Waals surface area contributed by atoms with E-state index in [9.17, 15) is 4.79 Å². The maximum Gasteiger partial charge on any atom is 0.227 e. The number of hydrogen-bond acceptors (Lipinski definition) is 6. The van der Waals surface area contributed by atoms with Crippen LogP contribution in [0, 0.1) is 6.92 Å². The average molecular weight is 393 g/mol. The molecule has 4 rings (SSSR count). The summed E-state index contributed by atoms with van der Waals surface area (Å²) >= 11 is 0. The molecule has 8 nitrogen and oxygen atoms in total. The van der Waals surface area contributed by atoms with E-state index < -0.39 is 0 Å². The van der Waals surface area contributed by atoms with Gasteiger partial charge in [-0.3, -0.25) is 4.79 Å². The van der Waals surface area contributed by atoms with Crippen molar-refractivity contribution in [1.29, 1.82) is 0 Å². The van der Waals surface area contributed by atoms with E-state index in [1.807, 2.05) is 63.4 Å². The minimum Gasteiger partial charge on any atom is -0.486 e. The van der Waals surface area contributed by atoms with E-state index in [1.54, 1.807) is 9.58 Å². The van der Waals surface area contributed by atoms with Crippen LogP contribution in [0.1, 0.15) is 29.9 Å². The average Bonchev–Trinajstić information content (AvgIpc) is 3.18. The second kappa shape index (κ2) is 7.90. The van der Waals surface area contributed by atoms with Crippen molar-refractivity contribution in [3.05, 3.63) is 59.4 Å². The van der Waals surface area contributed by atoms with Crippen molar-refractivity contribution in [2.45, 2.75) is 26.3 Å². The van der Waals surface area contributed by atoms with Gasteiger partial charge in [-0.1, -0.05) is 18.2 Å². The van der Waals surface area contributed by atoms with Gasteiger partial charge in [0, 0.05) is 7.05 Å². The molecule has 2 heterocycles. The molecule has 0 unspecified atom stereocenters. The molecular weight excluding hydrogens is 370 g/mol. The molecule has 1 atom stereocenters. The first kappa shape index (κ1) is 18.9. The molecule has 1 aromatic heterocycles. The monoisotopic (exact) mass is 393 g/mol. The molecule has 0 saturated carbocycles. The number of fused-ring (bicyclic) bond motifs is 1. The molecule has 1 amide bonds.